The fourth-order valence-electron chi connectivity index (χ4n) is 2.97. The van der Waals surface area contributed by atoms with E-state index in [9.17, 15) is 19.2 Å². The lowest BCUT2D eigenvalue weighted by molar-refractivity contribution is -0.152. The van der Waals surface area contributed by atoms with Gasteiger partial charge in [-0.15, -0.1) is 0 Å². The number of esters is 1. The molecule has 1 heterocycles. The number of rotatable bonds is 10. The van der Waals surface area contributed by atoms with Crippen LogP contribution in [0.4, 0.5) is 0 Å². The van der Waals surface area contributed by atoms with Gasteiger partial charge in [0, 0.05) is 20.3 Å². The Balaban J connectivity index is 2.04. The van der Waals surface area contributed by atoms with E-state index < -0.39 is 36.3 Å². The molecule has 0 saturated carbocycles. The highest BCUT2D eigenvalue weighted by Gasteiger charge is 2.43. The maximum atomic E-state index is 12.7. The average molecular weight is 390 g/mol. The smallest absolute Gasteiger partial charge is 0.329 e. The van der Waals surface area contributed by atoms with Crippen LogP contribution in [-0.2, 0) is 19.1 Å². The van der Waals surface area contributed by atoms with Gasteiger partial charge in [-0.25, -0.2) is 4.79 Å². The molecule has 2 rings (SSSR count). The molecule has 1 atom stereocenters. The number of imide groups is 1. The number of fused-ring (bicyclic) bond motifs is 1. The second-order valence-corrected chi connectivity index (χ2v) is 6.98. The number of carbonyl (C=O) groups is 4. The molecule has 0 bridgehead atoms. The molecule has 0 unspecified atom stereocenters. The Morgan fingerprint density at radius 2 is 1.71 bits per heavy atom. The van der Waals surface area contributed by atoms with Gasteiger partial charge in [-0.1, -0.05) is 26.0 Å². The summed E-state index contributed by atoms with van der Waals surface area (Å²) in [5, 5.41) is 2.61. The van der Waals surface area contributed by atoms with Gasteiger partial charge in [0.15, 0.2) is 6.61 Å². The molecular weight excluding hydrogens is 364 g/mol. The number of benzene rings is 1. The number of nitrogens with one attached hydrogen (secondary N) is 1. The predicted molar refractivity (Wildman–Crippen MR) is 101 cm³/mol. The van der Waals surface area contributed by atoms with Crippen LogP contribution in [0.1, 0.15) is 47.4 Å². The van der Waals surface area contributed by atoms with E-state index in [-0.39, 0.29) is 23.5 Å². The van der Waals surface area contributed by atoms with Crippen molar-refractivity contribution in [1.29, 1.82) is 0 Å². The summed E-state index contributed by atoms with van der Waals surface area (Å²) in [6.45, 7) is 4.19. The number of carbonyl (C=O) groups excluding carboxylic acids is 4. The molecule has 0 aromatic heterocycles. The van der Waals surface area contributed by atoms with Crippen molar-refractivity contribution in [3.05, 3.63) is 35.4 Å². The highest BCUT2D eigenvalue weighted by atomic mass is 16.5. The molecule has 1 aliphatic rings. The molecule has 1 aromatic rings. The summed E-state index contributed by atoms with van der Waals surface area (Å²) in [5.74, 6) is -2.23. The second kappa shape index (κ2) is 9.98. The van der Waals surface area contributed by atoms with Crippen molar-refractivity contribution in [3.8, 4) is 0 Å². The largest absolute Gasteiger partial charge is 0.454 e. The van der Waals surface area contributed by atoms with Gasteiger partial charge in [0.05, 0.1) is 11.1 Å². The zero-order chi connectivity index (χ0) is 20.7. The van der Waals surface area contributed by atoms with E-state index >= 15 is 0 Å². The van der Waals surface area contributed by atoms with Crippen molar-refractivity contribution >= 4 is 23.7 Å². The van der Waals surface area contributed by atoms with Crippen LogP contribution in [0.25, 0.3) is 0 Å². The number of ether oxygens (including phenoxy) is 2. The summed E-state index contributed by atoms with van der Waals surface area (Å²) < 4.78 is 9.99. The Hall–Kier alpha value is -2.74. The average Bonchev–Trinajstić information content (AvgIpc) is 2.92. The van der Waals surface area contributed by atoms with Crippen molar-refractivity contribution in [2.45, 2.75) is 32.7 Å². The monoisotopic (exact) mass is 390 g/mol. The zero-order valence-electron chi connectivity index (χ0n) is 16.4. The van der Waals surface area contributed by atoms with E-state index in [1.807, 2.05) is 13.8 Å². The maximum absolute atomic E-state index is 12.7. The van der Waals surface area contributed by atoms with Crippen molar-refractivity contribution < 1.29 is 28.7 Å². The predicted octanol–water partition coefficient (Wildman–Crippen LogP) is 1.39. The van der Waals surface area contributed by atoms with Gasteiger partial charge in [-0.05, 0) is 30.9 Å². The molecule has 8 nitrogen and oxygen atoms in total. The Bertz CT molecular complexity index is 711. The first kappa shape index (κ1) is 21.6. The van der Waals surface area contributed by atoms with Crippen molar-refractivity contribution in [3.63, 3.8) is 0 Å². The molecular formula is C20H26N2O6. The number of hydrogen-bond acceptors (Lipinski definition) is 6. The number of hydrogen-bond donors (Lipinski definition) is 1. The third kappa shape index (κ3) is 5.16. The lowest BCUT2D eigenvalue weighted by atomic mass is 10.0. The van der Waals surface area contributed by atoms with Crippen LogP contribution < -0.4 is 5.32 Å². The topological polar surface area (TPSA) is 102 Å². The summed E-state index contributed by atoms with van der Waals surface area (Å²) in [6.07, 6.45) is 0.890. The first-order chi connectivity index (χ1) is 13.4. The van der Waals surface area contributed by atoms with Gasteiger partial charge in [-0.3, -0.25) is 19.3 Å². The zero-order valence-corrected chi connectivity index (χ0v) is 16.4. The molecule has 1 aromatic carbocycles. The first-order valence-corrected chi connectivity index (χ1v) is 9.26. The van der Waals surface area contributed by atoms with Crippen LogP contribution in [0.3, 0.4) is 0 Å². The Labute approximate surface area is 164 Å². The Kier molecular flexibility index (Phi) is 7.69. The minimum absolute atomic E-state index is 0.0322. The van der Waals surface area contributed by atoms with Gasteiger partial charge in [0.25, 0.3) is 17.7 Å². The number of methoxy groups -OCH3 is 1. The van der Waals surface area contributed by atoms with Crippen LogP contribution in [0.5, 0.6) is 0 Å². The second-order valence-electron chi connectivity index (χ2n) is 6.98. The van der Waals surface area contributed by atoms with E-state index in [1.165, 1.54) is 0 Å². The van der Waals surface area contributed by atoms with Crippen LogP contribution in [0, 0.1) is 5.92 Å². The van der Waals surface area contributed by atoms with Crippen LogP contribution in [0.15, 0.2) is 24.3 Å². The fourth-order valence-corrected chi connectivity index (χ4v) is 2.97. The van der Waals surface area contributed by atoms with Gasteiger partial charge < -0.3 is 14.8 Å². The molecule has 1 N–H and O–H groups in total. The maximum Gasteiger partial charge on any atom is 0.329 e. The molecule has 8 heteroatoms. The normalized spacial score (nSPS) is 14.2. The standard InChI is InChI=1S/C20H26N2O6/c1-13(2)11-16(20(26)28-12-17(23)21-9-6-10-27-3)22-18(24)14-7-4-5-8-15(14)19(22)25/h4-5,7-8,13,16H,6,9-12H2,1-3H3,(H,21,23)/t16-/m0/s1. The third-order valence-electron chi connectivity index (χ3n) is 4.30. The number of amides is 3. The van der Waals surface area contributed by atoms with Crippen LogP contribution in [0.2, 0.25) is 0 Å². The van der Waals surface area contributed by atoms with Gasteiger partial charge in [-0.2, -0.15) is 0 Å². The highest BCUT2D eigenvalue weighted by Crippen LogP contribution is 2.27. The lowest BCUT2D eigenvalue weighted by Gasteiger charge is -2.25. The van der Waals surface area contributed by atoms with Gasteiger partial charge in [0.2, 0.25) is 0 Å². The first-order valence-electron chi connectivity index (χ1n) is 9.26. The van der Waals surface area contributed by atoms with Crippen molar-refractivity contribution in [1.82, 2.24) is 10.2 Å². The van der Waals surface area contributed by atoms with Crippen LogP contribution >= 0.6 is 0 Å². The highest BCUT2D eigenvalue weighted by molar-refractivity contribution is 6.22. The number of nitrogens with zero attached hydrogens (tertiary/aromatic N) is 1. The summed E-state index contributed by atoms with van der Waals surface area (Å²) in [6, 6.07) is 5.37. The third-order valence-corrected chi connectivity index (χ3v) is 4.30. The van der Waals surface area contributed by atoms with E-state index in [0.29, 0.717) is 19.6 Å². The lowest BCUT2D eigenvalue weighted by Crippen LogP contribution is -2.47. The van der Waals surface area contributed by atoms with Gasteiger partial charge >= 0.3 is 5.97 Å². The molecule has 152 valence electrons. The van der Waals surface area contributed by atoms with E-state index in [2.05, 4.69) is 5.32 Å². The summed E-state index contributed by atoms with van der Waals surface area (Å²) in [7, 11) is 1.57. The fraction of sp³-hybridized carbons (Fsp3) is 0.500. The van der Waals surface area contributed by atoms with E-state index in [4.69, 9.17) is 9.47 Å². The molecule has 0 saturated heterocycles. The quantitative estimate of drug-likeness (QED) is 0.368. The Morgan fingerprint density at radius 1 is 1.11 bits per heavy atom. The molecule has 1 aliphatic heterocycles. The molecule has 0 aliphatic carbocycles. The molecule has 0 fully saturated rings. The summed E-state index contributed by atoms with van der Waals surface area (Å²) in [4.78, 5) is 50.7. The van der Waals surface area contributed by atoms with Crippen molar-refractivity contribution in [2.24, 2.45) is 5.92 Å². The minimum atomic E-state index is -1.08. The van der Waals surface area contributed by atoms with Gasteiger partial charge in [0.1, 0.15) is 6.04 Å². The van der Waals surface area contributed by atoms with E-state index in [1.54, 1.807) is 31.4 Å². The molecule has 0 radical (unpaired) electrons. The summed E-state index contributed by atoms with van der Waals surface area (Å²) in [5.41, 5.74) is 0.537. The summed E-state index contributed by atoms with van der Waals surface area (Å²) >= 11 is 0. The molecule has 28 heavy (non-hydrogen) atoms. The SMILES string of the molecule is COCCCNC(=O)COC(=O)[C@H](CC(C)C)N1C(=O)c2ccccc2C1=O. The minimum Gasteiger partial charge on any atom is -0.454 e. The van der Waals surface area contributed by atoms with Crippen molar-refractivity contribution in [2.75, 3.05) is 26.9 Å². The molecule has 0 spiro atoms. The van der Waals surface area contributed by atoms with Crippen LogP contribution in [-0.4, -0.2) is 61.5 Å². The van der Waals surface area contributed by atoms with E-state index in [0.717, 1.165) is 4.90 Å². The Morgan fingerprint density at radius 3 is 2.25 bits per heavy atom. The molecule has 3 amide bonds.